The molecule has 3 aliphatic rings. The van der Waals surface area contributed by atoms with Crippen LogP contribution in [-0.4, -0.2) is 30.0 Å². The molecule has 4 rings (SSSR count). The standard InChI is InChI=1S/C22H20BrN3O3/c1-12-13(2)21(28)25-19-10-16(6-7-18(12)19)24-22(29)14-8-20(27)26(11-14)17-5-3-4-15(23)9-17/h3-7,9-10,14,18H,8,11H2,1-2H3,(H,25,28). The highest BCUT2D eigenvalue weighted by Crippen LogP contribution is 2.31. The zero-order valence-electron chi connectivity index (χ0n) is 16.1. The molecule has 1 aromatic rings. The lowest BCUT2D eigenvalue weighted by Crippen LogP contribution is -2.35. The van der Waals surface area contributed by atoms with Crippen LogP contribution in [0.3, 0.4) is 0 Å². The van der Waals surface area contributed by atoms with Gasteiger partial charge in [0, 0.05) is 40.3 Å². The molecule has 2 unspecified atom stereocenters. The van der Waals surface area contributed by atoms with Gasteiger partial charge in [-0.15, -0.1) is 0 Å². The van der Waals surface area contributed by atoms with Crippen molar-refractivity contribution in [2.75, 3.05) is 11.4 Å². The number of rotatable bonds is 2. The Morgan fingerprint density at radius 3 is 2.83 bits per heavy atom. The summed E-state index contributed by atoms with van der Waals surface area (Å²) in [7, 11) is 0. The Hall–Kier alpha value is -2.80. The Balaban J connectivity index is 1.51. The normalized spacial score (nSPS) is 25.3. The van der Waals surface area contributed by atoms with Crippen LogP contribution in [0.4, 0.5) is 5.69 Å². The van der Waals surface area contributed by atoms with Crippen LogP contribution in [0.5, 0.6) is 0 Å². The third-order valence-corrected chi connectivity index (χ3v) is 6.08. The number of nitrogens with zero attached hydrogens (tertiary/aromatic N) is 2. The SMILES string of the molecule is CC1=C(C)C2C=CC(=NC(=O)C3CC(=O)N(c4cccc(Br)c4)C3)C=C2NC1=O. The summed E-state index contributed by atoms with van der Waals surface area (Å²) in [6.45, 7) is 4.05. The third kappa shape index (κ3) is 3.74. The molecule has 6 nitrogen and oxygen atoms in total. The van der Waals surface area contributed by atoms with Gasteiger partial charge < -0.3 is 10.2 Å². The van der Waals surface area contributed by atoms with E-state index in [0.29, 0.717) is 17.8 Å². The van der Waals surface area contributed by atoms with Gasteiger partial charge in [0.25, 0.3) is 11.8 Å². The minimum Gasteiger partial charge on any atom is -0.325 e. The molecule has 1 aromatic carbocycles. The molecular formula is C22H20BrN3O3. The molecule has 2 heterocycles. The predicted molar refractivity (Wildman–Crippen MR) is 114 cm³/mol. The summed E-state index contributed by atoms with van der Waals surface area (Å²) in [6, 6.07) is 7.44. The van der Waals surface area contributed by atoms with Crippen molar-refractivity contribution >= 4 is 45.1 Å². The number of benzene rings is 1. The number of hydrogen-bond acceptors (Lipinski definition) is 3. The van der Waals surface area contributed by atoms with Crippen molar-refractivity contribution in [3.05, 3.63) is 63.8 Å². The fraction of sp³-hybridized carbons (Fsp3) is 0.273. The molecule has 1 saturated heterocycles. The number of fused-ring (bicyclic) bond motifs is 1. The van der Waals surface area contributed by atoms with E-state index in [1.165, 1.54) is 0 Å². The molecule has 0 radical (unpaired) electrons. The average Bonchev–Trinajstić information content (AvgIpc) is 3.08. The van der Waals surface area contributed by atoms with Crippen LogP contribution in [0, 0.1) is 11.8 Å². The maximum atomic E-state index is 12.7. The fourth-order valence-electron chi connectivity index (χ4n) is 3.78. The van der Waals surface area contributed by atoms with E-state index < -0.39 is 5.92 Å². The van der Waals surface area contributed by atoms with Crippen molar-refractivity contribution in [2.24, 2.45) is 16.8 Å². The Kier molecular flexibility index (Phi) is 5.08. The lowest BCUT2D eigenvalue weighted by Gasteiger charge is -2.28. The van der Waals surface area contributed by atoms with Crippen molar-refractivity contribution in [2.45, 2.75) is 20.3 Å². The summed E-state index contributed by atoms with van der Waals surface area (Å²) in [6.07, 6.45) is 5.61. The minimum absolute atomic E-state index is 0.00169. The van der Waals surface area contributed by atoms with Gasteiger partial charge in [-0.05, 0) is 44.2 Å². The van der Waals surface area contributed by atoms with Gasteiger partial charge in [0.2, 0.25) is 5.91 Å². The topological polar surface area (TPSA) is 78.8 Å². The number of hydrogen-bond donors (Lipinski definition) is 1. The highest BCUT2D eigenvalue weighted by atomic mass is 79.9. The second-order valence-corrected chi connectivity index (χ2v) is 8.37. The minimum atomic E-state index is -0.483. The van der Waals surface area contributed by atoms with Crippen molar-refractivity contribution in [3.8, 4) is 0 Å². The average molecular weight is 454 g/mol. The van der Waals surface area contributed by atoms with E-state index in [0.717, 1.165) is 21.4 Å². The number of nitrogens with one attached hydrogen (secondary N) is 1. The van der Waals surface area contributed by atoms with Gasteiger partial charge >= 0.3 is 0 Å². The van der Waals surface area contributed by atoms with Crippen molar-refractivity contribution in [1.29, 1.82) is 0 Å². The first-order valence-electron chi connectivity index (χ1n) is 9.40. The number of carbonyl (C=O) groups is 3. The summed E-state index contributed by atoms with van der Waals surface area (Å²) in [5.74, 6) is -1.02. The first-order valence-corrected chi connectivity index (χ1v) is 10.2. The molecule has 148 valence electrons. The Morgan fingerprint density at radius 1 is 1.28 bits per heavy atom. The summed E-state index contributed by atoms with van der Waals surface area (Å²) in [5.41, 5.74) is 3.68. The van der Waals surface area contributed by atoms with Crippen LogP contribution in [0.25, 0.3) is 0 Å². The highest BCUT2D eigenvalue weighted by molar-refractivity contribution is 9.10. The monoisotopic (exact) mass is 453 g/mol. The molecule has 2 aliphatic heterocycles. The Labute approximate surface area is 177 Å². The quantitative estimate of drug-likeness (QED) is 0.745. The lowest BCUT2D eigenvalue weighted by atomic mass is 9.85. The third-order valence-electron chi connectivity index (χ3n) is 5.59. The molecule has 0 saturated carbocycles. The predicted octanol–water partition coefficient (Wildman–Crippen LogP) is 3.31. The zero-order chi connectivity index (χ0) is 20.7. The van der Waals surface area contributed by atoms with Crippen LogP contribution < -0.4 is 10.2 Å². The Bertz CT molecular complexity index is 1050. The molecule has 2 atom stereocenters. The van der Waals surface area contributed by atoms with Crippen LogP contribution in [0.15, 0.2) is 68.8 Å². The zero-order valence-corrected chi connectivity index (χ0v) is 17.7. The first-order chi connectivity index (χ1) is 13.8. The molecule has 0 spiro atoms. The molecule has 1 aliphatic carbocycles. The summed E-state index contributed by atoms with van der Waals surface area (Å²) < 4.78 is 0.875. The van der Waals surface area contributed by atoms with Crippen molar-refractivity contribution < 1.29 is 14.4 Å². The van der Waals surface area contributed by atoms with E-state index in [2.05, 4.69) is 26.2 Å². The van der Waals surface area contributed by atoms with Crippen LogP contribution in [0.1, 0.15) is 20.3 Å². The Morgan fingerprint density at radius 2 is 2.07 bits per heavy atom. The van der Waals surface area contributed by atoms with E-state index in [-0.39, 0.29) is 30.1 Å². The van der Waals surface area contributed by atoms with Crippen LogP contribution in [-0.2, 0) is 14.4 Å². The van der Waals surface area contributed by atoms with Crippen LogP contribution in [0.2, 0.25) is 0 Å². The van der Waals surface area contributed by atoms with E-state index in [1.807, 2.05) is 37.3 Å². The molecular weight excluding hydrogens is 434 g/mol. The van der Waals surface area contributed by atoms with Gasteiger partial charge in [-0.3, -0.25) is 14.4 Å². The number of amides is 3. The van der Waals surface area contributed by atoms with Gasteiger partial charge in [0.05, 0.1) is 11.6 Å². The second-order valence-electron chi connectivity index (χ2n) is 7.46. The van der Waals surface area contributed by atoms with Gasteiger partial charge in [-0.25, -0.2) is 4.99 Å². The maximum absolute atomic E-state index is 12.7. The van der Waals surface area contributed by atoms with Crippen LogP contribution >= 0.6 is 15.9 Å². The molecule has 1 N–H and O–H groups in total. The molecule has 3 amide bonds. The van der Waals surface area contributed by atoms with Gasteiger partial charge in [-0.1, -0.05) is 33.6 Å². The molecule has 29 heavy (non-hydrogen) atoms. The largest absolute Gasteiger partial charge is 0.325 e. The smallest absolute Gasteiger partial charge is 0.251 e. The number of allylic oxidation sites excluding steroid dienone is 3. The molecule has 0 bridgehead atoms. The van der Waals surface area contributed by atoms with E-state index in [9.17, 15) is 14.4 Å². The fourth-order valence-corrected chi connectivity index (χ4v) is 4.17. The van der Waals surface area contributed by atoms with Gasteiger partial charge in [0.15, 0.2) is 0 Å². The van der Waals surface area contributed by atoms with Crippen molar-refractivity contribution in [3.63, 3.8) is 0 Å². The lowest BCUT2D eigenvalue weighted by molar-refractivity contribution is -0.123. The summed E-state index contributed by atoms with van der Waals surface area (Å²) in [5, 5.41) is 2.87. The number of aliphatic imine (C=N–C) groups is 1. The first kappa shape index (κ1) is 19.5. The number of carbonyl (C=O) groups excluding carboxylic acids is 3. The van der Waals surface area contributed by atoms with Crippen molar-refractivity contribution in [1.82, 2.24) is 5.32 Å². The second kappa shape index (κ2) is 7.55. The summed E-state index contributed by atoms with van der Waals surface area (Å²) >= 11 is 3.41. The molecule has 1 fully saturated rings. The van der Waals surface area contributed by atoms with Gasteiger partial charge in [-0.2, -0.15) is 0 Å². The van der Waals surface area contributed by atoms with Gasteiger partial charge in [0.1, 0.15) is 0 Å². The summed E-state index contributed by atoms with van der Waals surface area (Å²) in [4.78, 5) is 43.0. The van der Waals surface area contributed by atoms with E-state index in [1.54, 1.807) is 24.0 Å². The highest BCUT2D eigenvalue weighted by Gasteiger charge is 2.35. The van der Waals surface area contributed by atoms with E-state index in [4.69, 9.17) is 0 Å². The number of halogens is 1. The molecule has 7 heteroatoms. The molecule has 0 aromatic heterocycles. The number of anilines is 1. The maximum Gasteiger partial charge on any atom is 0.251 e. The van der Waals surface area contributed by atoms with E-state index >= 15 is 0 Å².